The zero-order valence-electron chi connectivity index (χ0n) is 14.2. The van der Waals surface area contributed by atoms with Crippen molar-refractivity contribution in [3.63, 3.8) is 0 Å². The average molecular weight is 293 g/mol. The molecule has 0 bridgehead atoms. The van der Waals surface area contributed by atoms with Crippen molar-refractivity contribution in [2.24, 2.45) is 0 Å². The van der Waals surface area contributed by atoms with Gasteiger partial charge in [0.05, 0.1) is 25.4 Å². The van der Waals surface area contributed by atoms with Gasteiger partial charge in [-0.3, -0.25) is 0 Å². The highest BCUT2D eigenvalue weighted by atomic mass is 16.5. The topological polar surface area (TPSA) is 30.5 Å². The molecular weight excluding hydrogens is 262 g/mol. The van der Waals surface area contributed by atoms with E-state index in [1.807, 2.05) is 0 Å². The van der Waals surface area contributed by atoms with Crippen molar-refractivity contribution in [2.75, 3.05) is 26.3 Å². The van der Waals surface area contributed by atoms with Crippen molar-refractivity contribution < 1.29 is 9.47 Å². The highest BCUT2D eigenvalue weighted by Gasteiger charge is 2.09. The van der Waals surface area contributed by atoms with Crippen LogP contribution in [0.1, 0.15) is 51.7 Å². The first-order valence-corrected chi connectivity index (χ1v) is 7.93. The summed E-state index contributed by atoms with van der Waals surface area (Å²) in [5, 5.41) is 3.38. The fourth-order valence-corrected chi connectivity index (χ4v) is 2.02. The molecule has 0 amide bonds. The van der Waals surface area contributed by atoms with Crippen LogP contribution < -0.4 is 5.32 Å². The lowest BCUT2D eigenvalue weighted by Gasteiger charge is -2.19. The first kappa shape index (κ1) is 18.1. The van der Waals surface area contributed by atoms with E-state index in [1.54, 1.807) is 0 Å². The minimum atomic E-state index is -0.0896. The van der Waals surface area contributed by atoms with Crippen molar-refractivity contribution in [1.82, 2.24) is 5.32 Å². The molecule has 1 unspecified atom stereocenters. The Kier molecular flexibility index (Phi) is 7.94. The Morgan fingerprint density at radius 2 is 1.76 bits per heavy atom. The van der Waals surface area contributed by atoms with Crippen LogP contribution in [0.4, 0.5) is 0 Å². The molecule has 3 heteroatoms. The predicted molar refractivity (Wildman–Crippen MR) is 88.8 cm³/mol. The summed E-state index contributed by atoms with van der Waals surface area (Å²) in [6, 6.07) is 8.71. The van der Waals surface area contributed by atoms with Gasteiger partial charge < -0.3 is 14.8 Å². The van der Waals surface area contributed by atoms with Crippen LogP contribution in [-0.4, -0.2) is 31.9 Å². The van der Waals surface area contributed by atoms with Gasteiger partial charge in [-0.15, -0.1) is 0 Å². The van der Waals surface area contributed by atoms with E-state index in [-0.39, 0.29) is 5.60 Å². The fraction of sp³-hybridized carbons (Fsp3) is 0.667. The second-order valence-corrected chi connectivity index (χ2v) is 6.46. The van der Waals surface area contributed by atoms with Gasteiger partial charge in [-0.05, 0) is 44.4 Å². The maximum atomic E-state index is 5.64. The smallest absolute Gasteiger partial charge is 0.0718 e. The molecule has 0 saturated carbocycles. The summed E-state index contributed by atoms with van der Waals surface area (Å²) in [4.78, 5) is 0. The van der Waals surface area contributed by atoms with Gasteiger partial charge >= 0.3 is 0 Å². The summed E-state index contributed by atoms with van der Waals surface area (Å²) in [7, 11) is 0. The number of likely N-dealkylation sites (N-methyl/N-ethyl adjacent to an activating group) is 1. The van der Waals surface area contributed by atoms with Crippen molar-refractivity contribution >= 4 is 0 Å². The molecule has 0 fully saturated rings. The Labute approximate surface area is 130 Å². The fourth-order valence-electron chi connectivity index (χ4n) is 2.02. The lowest BCUT2D eigenvalue weighted by Crippen LogP contribution is -2.21. The van der Waals surface area contributed by atoms with E-state index in [0.717, 1.165) is 13.1 Å². The molecule has 21 heavy (non-hydrogen) atoms. The first-order valence-electron chi connectivity index (χ1n) is 7.93. The van der Waals surface area contributed by atoms with E-state index < -0.39 is 0 Å². The summed E-state index contributed by atoms with van der Waals surface area (Å²) >= 11 is 0. The van der Waals surface area contributed by atoms with Crippen LogP contribution in [0.2, 0.25) is 0 Å². The second kappa shape index (κ2) is 9.19. The van der Waals surface area contributed by atoms with Crippen LogP contribution in [-0.2, 0) is 16.1 Å². The van der Waals surface area contributed by atoms with Gasteiger partial charge in [0.25, 0.3) is 0 Å². The maximum Gasteiger partial charge on any atom is 0.0718 e. The third kappa shape index (κ3) is 8.20. The third-order valence-corrected chi connectivity index (χ3v) is 3.28. The molecule has 1 aromatic carbocycles. The molecule has 0 spiro atoms. The molecule has 0 heterocycles. The molecule has 0 aliphatic heterocycles. The Hall–Kier alpha value is -0.900. The summed E-state index contributed by atoms with van der Waals surface area (Å²) < 4.78 is 11.3. The van der Waals surface area contributed by atoms with Crippen molar-refractivity contribution in [1.29, 1.82) is 0 Å². The van der Waals surface area contributed by atoms with Gasteiger partial charge in [0.2, 0.25) is 0 Å². The van der Waals surface area contributed by atoms with Gasteiger partial charge in [0.15, 0.2) is 0 Å². The van der Waals surface area contributed by atoms with Gasteiger partial charge in [-0.1, -0.05) is 38.1 Å². The molecule has 1 N–H and O–H groups in total. The maximum absolute atomic E-state index is 5.64. The van der Waals surface area contributed by atoms with E-state index in [2.05, 4.69) is 64.2 Å². The standard InChI is InChI=1S/C18H31NO2/c1-6-19-13-15(2)17-9-7-16(8-10-17)14-20-11-12-21-18(3,4)5/h7-10,15,19H,6,11-14H2,1-5H3. The van der Waals surface area contributed by atoms with Crippen LogP contribution in [0, 0.1) is 0 Å². The van der Waals surface area contributed by atoms with Gasteiger partial charge in [0.1, 0.15) is 0 Å². The minimum absolute atomic E-state index is 0.0896. The molecule has 0 aromatic heterocycles. The Morgan fingerprint density at radius 1 is 1.10 bits per heavy atom. The number of benzene rings is 1. The lowest BCUT2D eigenvalue weighted by atomic mass is 10.00. The highest BCUT2D eigenvalue weighted by Crippen LogP contribution is 2.15. The third-order valence-electron chi connectivity index (χ3n) is 3.28. The monoisotopic (exact) mass is 293 g/mol. The van der Waals surface area contributed by atoms with E-state index in [4.69, 9.17) is 9.47 Å². The predicted octanol–water partition coefficient (Wildman–Crippen LogP) is 3.73. The Balaban J connectivity index is 2.28. The molecule has 1 rings (SSSR count). The van der Waals surface area contributed by atoms with Crippen LogP contribution in [0.25, 0.3) is 0 Å². The summed E-state index contributed by atoms with van der Waals surface area (Å²) in [5.41, 5.74) is 2.49. The summed E-state index contributed by atoms with van der Waals surface area (Å²) in [6.45, 7) is 14.5. The molecule has 3 nitrogen and oxygen atoms in total. The minimum Gasteiger partial charge on any atom is -0.374 e. The van der Waals surface area contributed by atoms with E-state index >= 15 is 0 Å². The molecule has 1 aromatic rings. The number of rotatable bonds is 9. The number of hydrogen-bond acceptors (Lipinski definition) is 3. The molecule has 0 aliphatic rings. The van der Waals surface area contributed by atoms with E-state index in [1.165, 1.54) is 11.1 Å². The van der Waals surface area contributed by atoms with E-state index in [0.29, 0.717) is 25.7 Å². The normalized spacial score (nSPS) is 13.4. The molecular formula is C18H31NO2. The van der Waals surface area contributed by atoms with Crippen LogP contribution >= 0.6 is 0 Å². The van der Waals surface area contributed by atoms with Crippen molar-refractivity contribution in [3.05, 3.63) is 35.4 Å². The Bertz CT molecular complexity index is 381. The van der Waals surface area contributed by atoms with Gasteiger partial charge in [-0.25, -0.2) is 0 Å². The average Bonchev–Trinajstić information content (AvgIpc) is 2.44. The number of ether oxygens (including phenoxy) is 2. The lowest BCUT2D eigenvalue weighted by molar-refractivity contribution is -0.0376. The Morgan fingerprint density at radius 3 is 2.33 bits per heavy atom. The first-order chi connectivity index (χ1) is 9.92. The molecule has 0 aliphatic carbocycles. The zero-order valence-corrected chi connectivity index (χ0v) is 14.2. The number of hydrogen-bond donors (Lipinski definition) is 1. The van der Waals surface area contributed by atoms with Crippen LogP contribution in [0.15, 0.2) is 24.3 Å². The van der Waals surface area contributed by atoms with Crippen LogP contribution in [0.5, 0.6) is 0 Å². The second-order valence-electron chi connectivity index (χ2n) is 6.46. The molecule has 120 valence electrons. The molecule has 1 atom stereocenters. The number of nitrogens with one attached hydrogen (secondary N) is 1. The molecule has 0 radical (unpaired) electrons. The summed E-state index contributed by atoms with van der Waals surface area (Å²) in [5.74, 6) is 0.542. The van der Waals surface area contributed by atoms with Gasteiger partial charge in [-0.2, -0.15) is 0 Å². The SMILES string of the molecule is CCNCC(C)c1ccc(COCCOC(C)(C)C)cc1. The largest absolute Gasteiger partial charge is 0.374 e. The quantitative estimate of drug-likeness (QED) is 0.704. The van der Waals surface area contributed by atoms with Crippen molar-refractivity contribution in [3.8, 4) is 0 Å². The zero-order chi connectivity index (χ0) is 15.7. The van der Waals surface area contributed by atoms with Crippen LogP contribution in [0.3, 0.4) is 0 Å². The highest BCUT2D eigenvalue weighted by molar-refractivity contribution is 5.24. The summed E-state index contributed by atoms with van der Waals surface area (Å²) in [6.07, 6.45) is 0. The molecule has 0 saturated heterocycles. The van der Waals surface area contributed by atoms with Crippen molar-refractivity contribution in [2.45, 2.75) is 52.7 Å². The van der Waals surface area contributed by atoms with Gasteiger partial charge in [0, 0.05) is 6.54 Å². The van der Waals surface area contributed by atoms with E-state index in [9.17, 15) is 0 Å².